The Hall–Kier alpha value is -7.49. The molecule has 8 aromatic rings. The zero-order valence-corrected chi connectivity index (χ0v) is 39.4. The van der Waals surface area contributed by atoms with Gasteiger partial charge in [0.05, 0.1) is 22.5 Å². The van der Waals surface area contributed by atoms with Gasteiger partial charge < -0.3 is 11.1 Å². The van der Waals surface area contributed by atoms with Gasteiger partial charge in [-0.3, -0.25) is 28.7 Å². The third-order valence-corrected chi connectivity index (χ3v) is 11.9. The minimum Gasteiger partial charge on any atom is -0.355 e. The monoisotopic (exact) mass is 936 g/mol. The summed E-state index contributed by atoms with van der Waals surface area (Å²) in [6, 6.07) is 38.9. The average molecular weight is 937 g/mol. The number of sulfone groups is 1. The molecule has 0 bridgehead atoms. The van der Waals surface area contributed by atoms with E-state index in [4.69, 9.17) is 10.7 Å². The van der Waals surface area contributed by atoms with Gasteiger partial charge in [0.2, 0.25) is 20.9 Å². The molecule has 3 N–H and O–H groups in total. The van der Waals surface area contributed by atoms with Crippen molar-refractivity contribution in [1.29, 1.82) is 0 Å². The van der Waals surface area contributed by atoms with E-state index in [9.17, 15) is 26.8 Å². The second-order valence-electron chi connectivity index (χ2n) is 16.5. The Morgan fingerprint density at radius 3 is 1.41 bits per heavy atom. The molecule has 0 spiro atoms. The molecule has 0 amide bonds. The molecule has 4 aromatic carbocycles. The van der Waals surface area contributed by atoms with Gasteiger partial charge in [-0.2, -0.15) is 0 Å². The van der Waals surface area contributed by atoms with Crippen LogP contribution in [0.1, 0.15) is 25.0 Å². The van der Waals surface area contributed by atoms with Crippen molar-refractivity contribution < 1.29 is 17.2 Å². The molecule has 0 fully saturated rings. The summed E-state index contributed by atoms with van der Waals surface area (Å²) in [6.45, 7) is 5.78. The maximum Gasteiger partial charge on any atom is 0.263 e. The number of anilines is 1. The van der Waals surface area contributed by atoms with Crippen molar-refractivity contribution in [1.82, 2.24) is 29.1 Å². The fourth-order valence-electron chi connectivity index (χ4n) is 7.32. The first-order chi connectivity index (χ1) is 32.6. The van der Waals surface area contributed by atoms with E-state index < -0.39 is 21.2 Å². The molecule has 2 atom stereocenters. The van der Waals surface area contributed by atoms with E-state index in [2.05, 4.69) is 70.5 Å². The third-order valence-electron chi connectivity index (χ3n) is 10.9. The quantitative estimate of drug-likeness (QED) is 0.107. The average Bonchev–Trinajstić information content (AvgIpc) is 3.34. The van der Waals surface area contributed by atoms with Crippen molar-refractivity contribution >= 4 is 15.8 Å². The van der Waals surface area contributed by atoms with Crippen LogP contribution in [-0.4, -0.2) is 56.8 Å². The molecule has 4 heterocycles. The van der Waals surface area contributed by atoms with Crippen LogP contribution >= 0.6 is 0 Å². The summed E-state index contributed by atoms with van der Waals surface area (Å²) in [4.78, 5) is 43.3. The molecule has 0 saturated carbocycles. The van der Waals surface area contributed by atoms with Gasteiger partial charge in [0.15, 0.2) is 0 Å². The first kappa shape index (κ1) is 49.9. The summed E-state index contributed by atoms with van der Waals surface area (Å²) in [5, 5.41) is 3.01. The van der Waals surface area contributed by atoms with Crippen LogP contribution in [0.2, 0.25) is 0 Å². The fraction of sp³-hybridized carbons (Fsp3) is 0.208. The lowest BCUT2D eigenvalue weighted by molar-refractivity contribution is 0.576. The summed E-state index contributed by atoms with van der Waals surface area (Å²) in [5.41, 5.74) is 11.2. The molecule has 2 unspecified atom stereocenters. The summed E-state index contributed by atoms with van der Waals surface area (Å²) in [7, 11) is -0.676. The van der Waals surface area contributed by atoms with Gasteiger partial charge in [-0.1, -0.05) is 98.8 Å². The molecule has 0 aliphatic carbocycles. The van der Waals surface area contributed by atoms with Gasteiger partial charge in [-0.05, 0) is 102 Å². The number of benzene rings is 4. The molecule has 4 aromatic heterocycles. The molecule has 350 valence electrons. The first-order valence-electron chi connectivity index (χ1n) is 21.9. The van der Waals surface area contributed by atoms with Crippen molar-refractivity contribution in [3.8, 4) is 44.8 Å². The Morgan fingerprint density at radius 2 is 0.985 bits per heavy atom. The maximum absolute atomic E-state index is 13.5. The van der Waals surface area contributed by atoms with Crippen LogP contribution in [-0.2, 0) is 36.8 Å². The van der Waals surface area contributed by atoms with E-state index in [-0.39, 0.29) is 27.8 Å². The van der Waals surface area contributed by atoms with E-state index >= 15 is 0 Å². The molecular formula is C53H54F2N8O4S. The molecule has 0 radical (unpaired) electrons. The lowest BCUT2D eigenvalue weighted by atomic mass is 10.0. The fourth-order valence-corrected chi connectivity index (χ4v) is 8.16. The normalized spacial score (nSPS) is 11.9. The molecule has 68 heavy (non-hydrogen) atoms. The van der Waals surface area contributed by atoms with Crippen LogP contribution in [0.15, 0.2) is 173 Å². The van der Waals surface area contributed by atoms with Crippen LogP contribution in [0.3, 0.4) is 0 Å². The SMILES string of the molecule is CC(CN)Cc1ccccc1.CC(CNc1nc(-c2ccncc2)c(-c2ccc(F)cc2)c(=O)n1C)Cc1ccccc1.Cn1c(S(C)(=O)=O)nc(-c2ccncc2)c(-c2ccc(F)cc2)c1=O. The maximum atomic E-state index is 13.5. The Bertz CT molecular complexity index is 3120. The highest BCUT2D eigenvalue weighted by atomic mass is 32.2. The predicted molar refractivity (Wildman–Crippen MR) is 265 cm³/mol. The van der Waals surface area contributed by atoms with Crippen LogP contribution in [0.5, 0.6) is 0 Å². The zero-order valence-electron chi connectivity index (χ0n) is 38.6. The van der Waals surface area contributed by atoms with E-state index in [0.717, 1.165) is 35.8 Å². The molecule has 15 heteroatoms. The lowest BCUT2D eigenvalue weighted by Gasteiger charge is -2.18. The summed E-state index contributed by atoms with van der Waals surface area (Å²) >= 11 is 0. The zero-order chi connectivity index (χ0) is 48.8. The van der Waals surface area contributed by atoms with Gasteiger partial charge >= 0.3 is 0 Å². The Morgan fingerprint density at radius 1 is 0.574 bits per heavy atom. The van der Waals surface area contributed by atoms with Crippen molar-refractivity contribution in [2.45, 2.75) is 31.8 Å². The topological polar surface area (TPSA) is 168 Å². The van der Waals surface area contributed by atoms with Gasteiger partial charge in [-0.15, -0.1) is 0 Å². The number of hydrogen-bond donors (Lipinski definition) is 2. The number of nitrogens with zero attached hydrogens (tertiary/aromatic N) is 6. The third kappa shape index (κ3) is 13.1. The molecule has 8 rings (SSSR count). The van der Waals surface area contributed by atoms with Gasteiger partial charge in [0.25, 0.3) is 11.1 Å². The lowest BCUT2D eigenvalue weighted by Crippen LogP contribution is -2.26. The number of nitrogens with two attached hydrogens (primary N) is 1. The molecule has 12 nitrogen and oxygen atoms in total. The van der Waals surface area contributed by atoms with Crippen molar-refractivity contribution in [3.05, 3.63) is 202 Å². The highest BCUT2D eigenvalue weighted by Gasteiger charge is 2.23. The van der Waals surface area contributed by atoms with E-state index in [1.165, 1.54) is 71.5 Å². The van der Waals surface area contributed by atoms with Gasteiger partial charge in [0.1, 0.15) is 11.6 Å². The molecule has 0 aliphatic rings. The number of aromatic nitrogens is 6. The molecular weight excluding hydrogens is 883 g/mol. The predicted octanol–water partition coefficient (Wildman–Crippen LogP) is 8.81. The van der Waals surface area contributed by atoms with E-state index in [1.54, 1.807) is 43.7 Å². The van der Waals surface area contributed by atoms with Crippen molar-refractivity contribution in [2.24, 2.45) is 31.7 Å². The number of hydrogen-bond acceptors (Lipinski definition) is 10. The summed E-state index contributed by atoms with van der Waals surface area (Å²) in [5.74, 6) is 0.641. The summed E-state index contributed by atoms with van der Waals surface area (Å²) < 4.78 is 53.2. The van der Waals surface area contributed by atoms with Crippen LogP contribution in [0.4, 0.5) is 14.7 Å². The number of rotatable bonds is 13. The second-order valence-corrected chi connectivity index (χ2v) is 18.4. The van der Waals surface area contributed by atoms with Crippen molar-refractivity contribution in [3.63, 3.8) is 0 Å². The summed E-state index contributed by atoms with van der Waals surface area (Å²) in [6.07, 6.45) is 9.37. The Balaban J connectivity index is 0.000000187. The molecule has 0 saturated heterocycles. The van der Waals surface area contributed by atoms with E-state index in [1.807, 2.05) is 36.4 Å². The first-order valence-corrected chi connectivity index (χ1v) is 23.8. The second kappa shape index (κ2) is 23.3. The standard InChI is InChI=1S/C26H25FN4O.C17H14FN3O3S.C10H15N/c1-18(16-19-6-4-3-5-7-19)17-29-26-30-24(21-12-14-28-15-13-21)23(25(32)31(26)2)20-8-10-22(27)11-9-20;1-21-16(22)14(11-3-5-13(18)6-4-11)15(12-7-9-19-10-8-12)20-17(21)25(2,23)24;1-9(8-11)7-10-5-3-2-4-6-10/h3-15,18H,16-17H2,1-2H3,(H,29,30);3-10H,1-2H3;2-6,9H,7-8,11H2,1H3. The Kier molecular flexibility index (Phi) is 17.1. The molecule has 0 aliphatic heterocycles. The van der Waals surface area contributed by atoms with Crippen molar-refractivity contribution in [2.75, 3.05) is 24.7 Å². The minimum atomic E-state index is -3.72. The highest BCUT2D eigenvalue weighted by Crippen LogP contribution is 2.30. The highest BCUT2D eigenvalue weighted by molar-refractivity contribution is 7.90. The van der Waals surface area contributed by atoms with E-state index in [0.29, 0.717) is 52.3 Å². The smallest absolute Gasteiger partial charge is 0.263 e. The van der Waals surface area contributed by atoms with Gasteiger partial charge in [-0.25, -0.2) is 27.2 Å². The van der Waals surface area contributed by atoms with Crippen LogP contribution in [0, 0.1) is 23.5 Å². The van der Waals surface area contributed by atoms with Gasteiger partial charge in [0, 0.05) is 62.8 Å². The largest absolute Gasteiger partial charge is 0.355 e. The van der Waals surface area contributed by atoms with Crippen LogP contribution < -0.4 is 22.2 Å². The number of nitrogens with one attached hydrogen (secondary N) is 1. The van der Waals surface area contributed by atoms with Crippen LogP contribution in [0.25, 0.3) is 44.8 Å². The number of pyridine rings is 2. The number of halogens is 2. The Labute approximate surface area is 395 Å². The minimum absolute atomic E-state index is 0.195.